The summed E-state index contributed by atoms with van der Waals surface area (Å²) in [4.78, 5) is 12.3. The highest BCUT2D eigenvalue weighted by molar-refractivity contribution is 7.91. The van der Waals surface area contributed by atoms with Gasteiger partial charge in [-0.2, -0.15) is 5.26 Å². The minimum absolute atomic E-state index is 0.127. The first-order chi connectivity index (χ1) is 12.5. The molecule has 26 heavy (non-hydrogen) atoms. The van der Waals surface area contributed by atoms with Crippen molar-refractivity contribution in [2.24, 2.45) is 0 Å². The number of carbonyl (C=O) groups excluding carboxylic acids is 1. The summed E-state index contributed by atoms with van der Waals surface area (Å²) in [6.45, 7) is 0. The van der Waals surface area contributed by atoms with E-state index < -0.39 is 21.5 Å². The van der Waals surface area contributed by atoms with Gasteiger partial charge in [0.1, 0.15) is 5.75 Å². The lowest BCUT2D eigenvalue weighted by molar-refractivity contribution is -0.119. The molecule has 3 rings (SSSR count). The number of sulfone groups is 1. The number of nitrogens with zero attached hydrogens (tertiary/aromatic N) is 1. The molecule has 0 radical (unpaired) electrons. The average molecular weight is 368 g/mol. The summed E-state index contributed by atoms with van der Waals surface area (Å²) in [6.07, 6.45) is 2.78. The zero-order valence-corrected chi connectivity index (χ0v) is 15.1. The molecular weight excluding hydrogens is 348 g/mol. The summed E-state index contributed by atoms with van der Waals surface area (Å²) in [5.41, 5.74) is 3.33. The second kappa shape index (κ2) is 7.71. The molecule has 0 heterocycles. The van der Waals surface area contributed by atoms with Gasteiger partial charge in [-0.15, -0.1) is 0 Å². The molecule has 134 valence electrons. The van der Waals surface area contributed by atoms with E-state index in [-0.39, 0.29) is 11.8 Å². The van der Waals surface area contributed by atoms with E-state index in [0.717, 1.165) is 24.8 Å². The number of rotatable bonds is 5. The van der Waals surface area contributed by atoms with Crippen LogP contribution in [-0.4, -0.2) is 20.1 Å². The molecular formula is C20H20N2O3S. The highest BCUT2D eigenvalue weighted by Gasteiger charge is 2.24. The number of hydrogen-bond donors (Lipinski definition) is 1. The number of amides is 1. The third-order valence-electron chi connectivity index (χ3n) is 4.53. The zero-order chi connectivity index (χ0) is 18.6. The maximum atomic E-state index is 12.3. The molecule has 0 spiro atoms. The van der Waals surface area contributed by atoms with Crippen molar-refractivity contribution in [3.63, 3.8) is 0 Å². The summed E-state index contributed by atoms with van der Waals surface area (Å²) < 4.78 is 24.7. The van der Waals surface area contributed by atoms with Crippen LogP contribution in [0.15, 0.2) is 48.5 Å². The number of benzene rings is 2. The molecule has 0 saturated heterocycles. The maximum Gasteiger partial charge on any atom is 0.235 e. The van der Waals surface area contributed by atoms with Gasteiger partial charge in [0.2, 0.25) is 5.91 Å². The van der Waals surface area contributed by atoms with Crippen LogP contribution < -0.4 is 5.32 Å². The summed E-state index contributed by atoms with van der Waals surface area (Å²) in [7, 11) is -3.58. The number of aryl methyl sites for hydroxylation is 1. The van der Waals surface area contributed by atoms with Crippen LogP contribution in [0.1, 0.15) is 41.1 Å². The van der Waals surface area contributed by atoms with E-state index >= 15 is 0 Å². The van der Waals surface area contributed by atoms with Crippen LogP contribution in [0.4, 0.5) is 0 Å². The maximum absolute atomic E-state index is 12.3. The number of nitriles is 1. The van der Waals surface area contributed by atoms with Crippen molar-refractivity contribution < 1.29 is 13.2 Å². The minimum Gasteiger partial charge on any atom is -0.348 e. The van der Waals surface area contributed by atoms with Gasteiger partial charge in [-0.3, -0.25) is 4.79 Å². The summed E-state index contributed by atoms with van der Waals surface area (Å²) in [5, 5.41) is 11.7. The molecule has 1 N–H and O–H groups in total. The van der Waals surface area contributed by atoms with Gasteiger partial charge in [0, 0.05) is 0 Å². The Morgan fingerprint density at radius 2 is 1.88 bits per heavy atom. The molecule has 1 aliphatic rings. The third-order valence-corrected chi connectivity index (χ3v) is 6.00. The fourth-order valence-corrected chi connectivity index (χ4v) is 4.61. The zero-order valence-electron chi connectivity index (χ0n) is 14.3. The predicted molar refractivity (Wildman–Crippen MR) is 98.9 cm³/mol. The summed E-state index contributed by atoms with van der Waals surface area (Å²) in [6, 6.07) is 16.2. The van der Waals surface area contributed by atoms with Crippen molar-refractivity contribution in [2.75, 3.05) is 5.75 Å². The van der Waals surface area contributed by atoms with Crippen LogP contribution in [-0.2, 0) is 26.8 Å². The smallest absolute Gasteiger partial charge is 0.235 e. The fraction of sp³-hybridized carbons (Fsp3) is 0.300. The van der Waals surface area contributed by atoms with Gasteiger partial charge in [-0.25, -0.2) is 8.42 Å². The molecule has 2 aromatic carbocycles. The average Bonchev–Trinajstić information content (AvgIpc) is 2.62. The molecule has 0 unspecified atom stereocenters. The lowest BCUT2D eigenvalue weighted by atomic mass is 9.88. The Labute approximate surface area is 153 Å². The SMILES string of the molecule is N#Cc1ccc(CS(=O)(=O)CC(=O)N[C@H]2CCCc3ccccc32)cc1. The van der Waals surface area contributed by atoms with Crippen LogP contribution in [0.5, 0.6) is 0 Å². The number of fused-ring (bicyclic) bond motifs is 1. The van der Waals surface area contributed by atoms with E-state index in [4.69, 9.17) is 5.26 Å². The first-order valence-electron chi connectivity index (χ1n) is 8.53. The Bertz CT molecular complexity index is 944. The third kappa shape index (κ3) is 4.50. The largest absolute Gasteiger partial charge is 0.348 e. The molecule has 5 nitrogen and oxygen atoms in total. The van der Waals surface area contributed by atoms with Crippen LogP contribution in [0, 0.1) is 11.3 Å². The Hall–Kier alpha value is -2.65. The summed E-state index contributed by atoms with van der Waals surface area (Å²) >= 11 is 0. The quantitative estimate of drug-likeness (QED) is 0.879. The van der Waals surface area contributed by atoms with Gasteiger partial charge < -0.3 is 5.32 Å². The molecule has 0 aromatic heterocycles. The van der Waals surface area contributed by atoms with Gasteiger partial charge >= 0.3 is 0 Å². The topological polar surface area (TPSA) is 87.0 Å². The Morgan fingerprint density at radius 3 is 2.62 bits per heavy atom. The first kappa shape index (κ1) is 18.2. The highest BCUT2D eigenvalue weighted by Crippen LogP contribution is 2.29. The molecule has 1 amide bonds. The molecule has 0 aliphatic heterocycles. The van der Waals surface area contributed by atoms with E-state index in [1.54, 1.807) is 24.3 Å². The van der Waals surface area contributed by atoms with Crippen molar-refractivity contribution >= 4 is 15.7 Å². The van der Waals surface area contributed by atoms with Gasteiger partial charge in [-0.1, -0.05) is 36.4 Å². The molecule has 2 aromatic rings. The first-order valence-corrected chi connectivity index (χ1v) is 10.4. The lowest BCUT2D eigenvalue weighted by Gasteiger charge is -2.26. The van der Waals surface area contributed by atoms with E-state index in [1.165, 1.54) is 5.56 Å². The second-order valence-corrected chi connectivity index (χ2v) is 8.62. The normalized spacial score (nSPS) is 16.3. The van der Waals surface area contributed by atoms with E-state index in [2.05, 4.69) is 11.4 Å². The molecule has 1 atom stereocenters. The monoisotopic (exact) mass is 368 g/mol. The Morgan fingerprint density at radius 1 is 1.15 bits per heavy atom. The summed E-state index contributed by atoms with van der Waals surface area (Å²) in [5.74, 6) is -1.22. The van der Waals surface area contributed by atoms with Crippen molar-refractivity contribution in [1.29, 1.82) is 5.26 Å². The number of hydrogen-bond acceptors (Lipinski definition) is 4. The molecule has 0 saturated carbocycles. The van der Waals surface area contributed by atoms with Gasteiger partial charge in [0.05, 0.1) is 23.4 Å². The van der Waals surface area contributed by atoms with Gasteiger partial charge in [-0.05, 0) is 48.1 Å². The standard InChI is InChI=1S/C20H20N2O3S/c21-12-15-8-10-16(11-9-15)13-26(24,25)14-20(23)22-19-7-3-5-17-4-1-2-6-18(17)19/h1-2,4,6,8-11,19H,3,5,7,13-14H2,(H,22,23)/t19-/m0/s1. The molecule has 6 heteroatoms. The van der Waals surface area contributed by atoms with Gasteiger partial charge in [0.25, 0.3) is 0 Å². The molecule has 1 aliphatic carbocycles. The van der Waals surface area contributed by atoms with Crippen LogP contribution in [0.2, 0.25) is 0 Å². The van der Waals surface area contributed by atoms with E-state index in [1.807, 2.05) is 24.3 Å². The van der Waals surface area contributed by atoms with E-state index in [9.17, 15) is 13.2 Å². The number of nitrogens with one attached hydrogen (secondary N) is 1. The van der Waals surface area contributed by atoms with Crippen LogP contribution >= 0.6 is 0 Å². The second-order valence-electron chi connectivity index (χ2n) is 6.55. The molecule has 0 bridgehead atoms. The lowest BCUT2D eigenvalue weighted by Crippen LogP contribution is -2.35. The van der Waals surface area contributed by atoms with E-state index in [0.29, 0.717) is 11.1 Å². The Balaban J connectivity index is 1.63. The van der Waals surface area contributed by atoms with Crippen LogP contribution in [0.3, 0.4) is 0 Å². The fourth-order valence-electron chi connectivity index (χ4n) is 3.32. The van der Waals surface area contributed by atoms with Crippen molar-refractivity contribution in [3.8, 4) is 6.07 Å². The minimum atomic E-state index is -3.58. The van der Waals surface area contributed by atoms with Crippen molar-refractivity contribution in [3.05, 3.63) is 70.8 Å². The van der Waals surface area contributed by atoms with Crippen LogP contribution in [0.25, 0.3) is 0 Å². The Kier molecular flexibility index (Phi) is 5.38. The van der Waals surface area contributed by atoms with Crippen molar-refractivity contribution in [1.82, 2.24) is 5.32 Å². The highest BCUT2D eigenvalue weighted by atomic mass is 32.2. The van der Waals surface area contributed by atoms with Crippen molar-refractivity contribution in [2.45, 2.75) is 31.1 Å². The van der Waals surface area contributed by atoms with Gasteiger partial charge in [0.15, 0.2) is 9.84 Å². The molecule has 0 fully saturated rings. The predicted octanol–water partition coefficient (Wildman–Crippen LogP) is 2.67. The number of carbonyl (C=O) groups is 1.